The van der Waals surface area contributed by atoms with Crippen molar-refractivity contribution in [2.45, 2.75) is 25.4 Å². The monoisotopic (exact) mass is 570 g/mol. The molecule has 1 N–H and O–H groups in total. The van der Waals surface area contributed by atoms with Crippen LogP contribution >= 0.6 is 15.9 Å². The molecule has 0 atom stereocenters. The number of hydrogen-bond donors (Lipinski definition) is 1. The quantitative estimate of drug-likeness (QED) is 0.465. The van der Waals surface area contributed by atoms with Gasteiger partial charge in [0, 0.05) is 80.4 Å². The van der Waals surface area contributed by atoms with Gasteiger partial charge < -0.3 is 33.9 Å². The first kappa shape index (κ1) is 25.4. The number of hydrogen-bond acceptors (Lipinski definition) is 7. The number of anilines is 1. The van der Waals surface area contributed by atoms with E-state index in [0.717, 1.165) is 59.5 Å². The van der Waals surface area contributed by atoms with E-state index in [1.807, 2.05) is 30.3 Å². The van der Waals surface area contributed by atoms with Crippen molar-refractivity contribution in [2.24, 2.45) is 0 Å². The van der Waals surface area contributed by atoms with Crippen molar-refractivity contribution in [1.29, 1.82) is 0 Å². The lowest BCUT2D eigenvalue weighted by Gasteiger charge is -2.38. The van der Waals surface area contributed by atoms with Gasteiger partial charge in [-0.15, -0.1) is 0 Å². The molecule has 1 aromatic heterocycles. The van der Waals surface area contributed by atoms with Crippen LogP contribution in [0.1, 0.15) is 23.2 Å². The van der Waals surface area contributed by atoms with Gasteiger partial charge in [-0.05, 0) is 40.9 Å². The fourth-order valence-corrected chi connectivity index (χ4v) is 5.79. The Bertz CT molecular complexity index is 1380. The van der Waals surface area contributed by atoms with Crippen molar-refractivity contribution >= 4 is 38.4 Å². The molecule has 2 aromatic carbocycles. The van der Waals surface area contributed by atoms with Gasteiger partial charge in [0.15, 0.2) is 11.5 Å². The Morgan fingerprint density at radius 2 is 1.86 bits per heavy atom. The van der Waals surface area contributed by atoms with Gasteiger partial charge >= 0.3 is 0 Å². The zero-order chi connectivity index (χ0) is 26.1. The first-order valence-corrected chi connectivity index (χ1v) is 13.2. The molecule has 1 fully saturated rings. The average molecular weight is 571 g/mol. The molecule has 3 aromatic rings. The number of halogens is 1. The van der Waals surface area contributed by atoms with E-state index in [0.29, 0.717) is 29.4 Å². The number of nitrogens with zero attached hydrogens (tertiary/aromatic N) is 3. The lowest BCUT2D eigenvalue weighted by molar-refractivity contribution is 0.0964. The van der Waals surface area contributed by atoms with Gasteiger partial charge in [-0.3, -0.25) is 9.59 Å². The van der Waals surface area contributed by atoms with Crippen LogP contribution in [0.5, 0.6) is 17.2 Å². The van der Waals surface area contributed by atoms with Gasteiger partial charge in [-0.25, -0.2) is 0 Å². The topological polar surface area (TPSA) is 85.3 Å². The number of carbonyl (C=O) groups excluding carboxylic acids is 1. The minimum atomic E-state index is -0.278. The maximum Gasteiger partial charge on any atom is 0.251 e. The fourth-order valence-electron chi connectivity index (χ4n) is 5.19. The van der Waals surface area contributed by atoms with Gasteiger partial charge in [0.1, 0.15) is 5.75 Å². The summed E-state index contributed by atoms with van der Waals surface area (Å²) in [6.07, 6.45) is 2.02. The summed E-state index contributed by atoms with van der Waals surface area (Å²) in [6, 6.07) is 11.3. The lowest BCUT2D eigenvalue weighted by atomic mass is 10.0. The number of carbonyl (C=O) groups is 1. The van der Waals surface area contributed by atoms with Crippen molar-refractivity contribution in [3.05, 3.63) is 56.8 Å². The molecule has 0 unspecified atom stereocenters. The number of ether oxygens (including phenoxy) is 3. The van der Waals surface area contributed by atoms with Crippen LogP contribution in [0, 0.1) is 0 Å². The molecule has 1 amide bonds. The minimum Gasteiger partial charge on any atom is -0.497 e. The second-order valence-electron chi connectivity index (χ2n) is 9.35. The molecule has 0 radical (unpaired) electrons. The standard InChI is InChI=1S/C27H31BrN4O5/c1-29-27(34)20-13-26(33)32(22-12-18(35-3)4-5-19(20)22)11-10-31-8-6-17(7-9-31)30(2)23-15-25-24(14-21(23)28)36-16-37-25/h4-5,12-15,17H,6-11,16H2,1-3H3,(H,29,34). The van der Waals surface area contributed by atoms with E-state index < -0.39 is 0 Å². The predicted octanol–water partition coefficient (Wildman–Crippen LogP) is 3.46. The highest BCUT2D eigenvalue weighted by molar-refractivity contribution is 9.10. The van der Waals surface area contributed by atoms with Crippen molar-refractivity contribution in [1.82, 2.24) is 14.8 Å². The summed E-state index contributed by atoms with van der Waals surface area (Å²) in [7, 11) is 5.28. The fraction of sp³-hybridized carbons (Fsp3) is 0.407. The minimum absolute atomic E-state index is 0.193. The summed E-state index contributed by atoms with van der Waals surface area (Å²) in [4.78, 5) is 30.2. The van der Waals surface area contributed by atoms with E-state index in [1.165, 1.54) is 6.07 Å². The van der Waals surface area contributed by atoms with Gasteiger partial charge in [0.05, 0.1) is 23.9 Å². The second-order valence-corrected chi connectivity index (χ2v) is 10.2. The molecule has 0 bridgehead atoms. The van der Waals surface area contributed by atoms with Gasteiger partial charge in [0.25, 0.3) is 11.5 Å². The third-order valence-electron chi connectivity index (χ3n) is 7.36. The maximum atomic E-state index is 13.1. The van der Waals surface area contributed by atoms with Crippen molar-refractivity contribution < 1.29 is 19.0 Å². The summed E-state index contributed by atoms with van der Waals surface area (Å²) in [6.45, 7) is 3.40. The predicted molar refractivity (Wildman–Crippen MR) is 146 cm³/mol. The molecule has 1 saturated heterocycles. The molecule has 37 heavy (non-hydrogen) atoms. The highest BCUT2D eigenvalue weighted by Gasteiger charge is 2.26. The largest absolute Gasteiger partial charge is 0.497 e. The molecule has 0 spiro atoms. The second kappa shape index (κ2) is 10.6. The number of piperidine rings is 1. The van der Waals surface area contributed by atoms with E-state index in [4.69, 9.17) is 14.2 Å². The summed E-state index contributed by atoms with van der Waals surface area (Å²) >= 11 is 3.68. The first-order valence-electron chi connectivity index (χ1n) is 12.4. The van der Waals surface area contributed by atoms with Crippen molar-refractivity contribution in [3.63, 3.8) is 0 Å². The molecule has 5 rings (SSSR count). The summed E-state index contributed by atoms with van der Waals surface area (Å²) in [5, 5.41) is 3.36. The van der Waals surface area contributed by atoms with E-state index >= 15 is 0 Å². The smallest absolute Gasteiger partial charge is 0.251 e. The van der Waals surface area contributed by atoms with Crippen molar-refractivity contribution in [2.75, 3.05) is 52.5 Å². The SMILES string of the molecule is CNC(=O)c1cc(=O)n(CCN2CCC(N(C)c3cc4c(cc3Br)OCO4)CC2)c2cc(OC)ccc12. The number of pyridine rings is 1. The van der Waals surface area contributed by atoms with E-state index in [-0.39, 0.29) is 18.3 Å². The maximum absolute atomic E-state index is 13.1. The number of nitrogens with one attached hydrogen (secondary N) is 1. The molecule has 0 aliphatic carbocycles. The zero-order valence-corrected chi connectivity index (χ0v) is 22.8. The van der Waals surface area contributed by atoms with Crippen LogP contribution in [0.25, 0.3) is 10.9 Å². The molecule has 2 aliphatic rings. The van der Waals surface area contributed by atoms with E-state index in [1.54, 1.807) is 18.7 Å². The van der Waals surface area contributed by atoms with Crippen LogP contribution in [-0.2, 0) is 6.54 Å². The van der Waals surface area contributed by atoms with Crippen LogP contribution in [0.2, 0.25) is 0 Å². The molecular formula is C27H31BrN4O5. The van der Waals surface area contributed by atoms with E-state index in [2.05, 4.69) is 38.1 Å². The molecule has 2 aliphatic heterocycles. The number of likely N-dealkylation sites (tertiary alicyclic amines) is 1. The van der Waals surface area contributed by atoms with Crippen LogP contribution < -0.4 is 30.0 Å². The Balaban J connectivity index is 1.28. The summed E-state index contributed by atoms with van der Waals surface area (Å²) in [5.41, 5.74) is 1.97. The average Bonchev–Trinajstić information content (AvgIpc) is 3.38. The van der Waals surface area contributed by atoms with E-state index in [9.17, 15) is 9.59 Å². The number of methoxy groups -OCH3 is 1. The third kappa shape index (κ3) is 5.00. The number of rotatable bonds is 7. The normalized spacial score (nSPS) is 15.7. The van der Waals surface area contributed by atoms with Crippen LogP contribution in [0.15, 0.2) is 45.7 Å². The molecule has 9 nitrogen and oxygen atoms in total. The molecule has 3 heterocycles. The Labute approximate surface area is 224 Å². The molecule has 0 saturated carbocycles. The molecular weight excluding hydrogens is 540 g/mol. The van der Waals surface area contributed by atoms with Crippen LogP contribution in [0.3, 0.4) is 0 Å². The van der Waals surface area contributed by atoms with Crippen molar-refractivity contribution in [3.8, 4) is 17.2 Å². The lowest BCUT2D eigenvalue weighted by Crippen LogP contribution is -2.44. The van der Waals surface area contributed by atoms with Gasteiger partial charge in [0.2, 0.25) is 6.79 Å². The Hall–Kier alpha value is -3.24. The van der Waals surface area contributed by atoms with Gasteiger partial charge in [-0.1, -0.05) is 0 Å². The Morgan fingerprint density at radius 3 is 2.57 bits per heavy atom. The molecule has 10 heteroatoms. The Kier molecular flexibility index (Phi) is 7.30. The van der Waals surface area contributed by atoms with Crippen LogP contribution in [-0.4, -0.2) is 69.0 Å². The summed E-state index contributed by atoms with van der Waals surface area (Å²) < 4.78 is 19.2. The number of fused-ring (bicyclic) bond motifs is 2. The number of benzene rings is 2. The number of amides is 1. The summed E-state index contributed by atoms with van der Waals surface area (Å²) in [5.74, 6) is 1.91. The zero-order valence-electron chi connectivity index (χ0n) is 21.3. The highest BCUT2D eigenvalue weighted by atomic mass is 79.9. The molecule has 196 valence electrons. The van der Waals surface area contributed by atoms with Crippen LogP contribution in [0.4, 0.5) is 5.69 Å². The number of aromatic nitrogens is 1. The Morgan fingerprint density at radius 1 is 1.14 bits per heavy atom. The van der Waals surface area contributed by atoms with Gasteiger partial charge in [-0.2, -0.15) is 0 Å². The first-order chi connectivity index (χ1) is 17.9. The highest BCUT2D eigenvalue weighted by Crippen LogP contribution is 2.41. The third-order valence-corrected chi connectivity index (χ3v) is 7.99.